The quantitative estimate of drug-likeness (QED) is 0.846. The Bertz CT molecular complexity index is 451. The summed E-state index contributed by atoms with van der Waals surface area (Å²) in [6, 6.07) is 0.311. The van der Waals surface area contributed by atoms with Crippen LogP contribution in [0.1, 0.15) is 45.0 Å². The van der Waals surface area contributed by atoms with Gasteiger partial charge in [-0.15, -0.1) is 0 Å². The second-order valence-electron chi connectivity index (χ2n) is 6.12. The van der Waals surface area contributed by atoms with Gasteiger partial charge in [-0.25, -0.2) is 9.97 Å². The lowest BCUT2D eigenvalue weighted by atomic mass is 9.95. The third-order valence-electron chi connectivity index (χ3n) is 3.26. The largest absolute Gasteiger partial charge is 0.379 e. The minimum atomic E-state index is -0.114. The Morgan fingerprint density at radius 3 is 2.63 bits per heavy atom. The number of anilines is 1. The lowest BCUT2D eigenvalue weighted by molar-refractivity contribution is 0.0875. The molecule has 1 fully saturated rings. The van der Waals surface area contributed by atoms with Gasteiger partial charge in [0.25, 0.3) is 0 Å². The number of nitrogens with zero attached hydrogens (tertiary/aromatic N) is 2. The van der Waals surface area contributed by atoms with E-state index in [4.69, 9.17) is 16.3 Å². The highest BCUT2D eigenvalue weighted by Crippen LogP contribution is 2.27. The topological polar surface area (TPSA) is 47.0 Å². The molecular weight excluding hydrogens is 262 g/mol. The first kappa shape index (κ1) is 14.5. The normalized spacial score (nSPS) is 20.4. The van der Waals surface area contributed by atoms with Crippen molar-refractivity contribution in [1.82, 2.24) is 9.97 Å². The van der Waals surface area contributed by atoms with Crippen molar-refractivity contribution in [3.8, 4) is 0 Å². The molecule has 2 rings (SSSR count). The van der Waals surface area contributed by atoms with Gasteiger partial charge in [0.05, 0.1) is 12.6 Å². The summed E-state index contributed by atoms with van der Waals surface area (Å²) in [4.78, 5) is 9.02. The summed E-state index contributed by atoms with van der Waals surface area (Å²) >= 11 is 6.22. The molecule has 1 atom stereocenters. The molecule has 1 saturated heterocycles. The molecule has 1 unspecified atom stereocenters. The molecule has 0 aliphatic carbocycles. The summed E-state index contributed by atoms with van der Waals surface area (Å²) in [6.45, 7) is 9.78. The van der Waals surface area contributed by atoms with Crippen LogP contribution in [0.2, 0.25) is 5.15 Å². The molecule has 106 valence electrons. The first-order valence-electron chi connectivity index (χ1n) is 6.77. The molecule has 0 bridgehead atoms. The number of nitrogens with one attached hydrogen (secondary N) is 1. The number of aromatic nitrogens is 2. The molecule has 0 spiro atoms. The smallest absolute Gasteiger partial charge is 0.137 e. The van der Waals surface area contributed by atoms with E-state index in [1.54, 1.807) is 0 Å². The molecule has 19 heavy (non-hydrogen) atoms. The van der Waals surface area contributed by atoms with E-state index in [0.717, 1.165) is 43.3 Å². The van der Waals surface area contributed by atoms with Gasteiger partial charge < -0.3 is 10.1 Å². The molecular formula is C14H22ClN3O. The van der Waals surface area contributed by atoms with Crippen molar-refractivity contribution in [3.05, 3.63) is 16.5 Å². The Labute approximate surface area is 119 Å². The zero-order valence-corrected chi connectivity index (χ0v) is 12.8. The van der Waals surface area contributed by atoms with Gasteiger partial charge in [0.15, 0.2) is 0 Å². The molecule has 1 aromatic heterocycles. The number of ether oxygens (including phenoxy) is 1. The molecule has 1 N–H and O–H groups in total. The van der Waals surface area contributed by atoms with E-state index >= 15 is 0 Å². The lowest BCUT2D eigenvalue weighted by Crippen LogP contribution is -2.31. The number of halogens is 1. The fourth-order valence-electron chi connectivity index (χ4n) is 2.01. The first-order valence-corrected chi connectivity index (χ1v) is 7.14. The maximum Gasteiger partial charge on any atom is 0.137 e. The molecule has 1 aliphatic rings. The van der Waals surface area contributed by atoms with Crippen LogP contribution in [-0.4, -0.2) is 29.2 Å². The summed E-state index contributed by atoms with van der Waals surface area (Å²) < 4.78 is 5.48. The van der Waals surface area contributed by atoms with Crippen molar-refractivity contribution in [2.24, 2.45) is 0 Å². The van der Waals surface area contributed by atoms with E-state index in [1.807, 2.05) is 6.92 Å². The standard InChI is InChI=1S/C14H22ClN3O/c1-9-11(15)17-13(14(2,3)4)18-12(9)16-10-6-5-7-19-8-10/h10H,5-8H2,1-4H3,(H,16,17,18). The number of hydrogen-bond acceptors (Lipinski definition) is 4. The van der Waals surface area contributed by atoms with Crippen LogP contribution < -0.4 is 5.32 Å². The zero-order valence-electron chi connectivity index (χ0n) is 12.1. The molecule has 1 aliphatic heterocycles. The van der Waals surface area contributed by atoms with Gasteiger partial charge in [0.2, 0.25) is 0 Å². The van der Waals surface area contributed by atoms with Gasteiger partial charge in [-0.3, -0.25) is 0 Å². The van der Waals surface area contributed by atoms with Crippen molar-refractivity contribution in [2.45, 2.75) is 52.0 Å². The fraction of sp³-hybridized carbons (Fsp3) is 0.714. The van der Waals surface area contributed by atoms with E-state index in [0.29, 0.717) is 11.2 Å². The molecule has 4 nitrogen and oxygen atoms in total. The van der Waals surface area contributed by atoms with Gasteiger partial charge in [0.1, 0.15) is 16.8 Å². The zero-order chi connectivity index (χ0) is 14.0. The van der Waals surface area contributed by atoms with Crippen LogP contribution >= 0.6 is 11.6 Å². The van der Waals surface area contributed by atoms with Crippen LogP contribution in [0.25, 0.3) is 0 Å². The molecule has 0 saturated carbocycles. The van der Waals surface area contributed by atoms with Gasteiger partial charge in [-0.2, -0.15) is 0 Å². The minimum absolute atomic E-state index is 0.114. The SMILES string of the molecule is Cc1c(Cl)nc(C(C)(C)C)nc1NC1CCCOC1. The molecule has 5 heteroatoms. The van der Waals surface area contributed by atoms with Crippen LogP contribution in [-0.2, 0) is 10.2 Å². The van der Waals surface area contributed by atoms with E-state index in [9.17, 15) is 0 Å². The molecule has 0 aromatic carbocycles. The molecule has 0 radical (unpaired) electrons. The lowest BCUT2D eigenvalue weighted by Gasteiger charge is -2.26. The molecule has 0 amide bonds. The number of rotatable bonds is 2. The Balaban J connectivity index is 2.25. The highest BCUT2D eigenvalue weighted by molar-refractivity contribution is 6.30. The second-order valence-corrected chi connectivity index (χ2v) is 6.48. The highest BCUT2D eigenvalue weighted by atomic mass is 35.5. The number of hydrogen-bond donors (Lipinski definition) is 1. The Morgan fingerprint density at radius 1 is 1.32 bits per heavy atom. The predicted molar refractivity (Wildman–Crippen MR) is 77.9 cm³/mol. The van der Waals surface area contributed by atoms with Crippen molar-refractivity contribution in [2.75, 3.05) is 18.5 Å². The predicted octanol–water partition coefficient (Wildman–Crippen LogP) is 3.33. The van der Waals surface area contributed by atoms with E-state index in [-0.39, 0.29) is 5.41 Å². The van der Waals surface area contributed by atoms with Gasteiger partial charge in [-0.05, 0) is 19.8 Å². The molecule has 1 aromatic rings. The Kier molecular flexibility index (Phi) is 4.31. The van der Waals surface area contributed by atoms with E-state index in [2.05, 4.69) is 36.1 Å². The van der Waals surface area contributed by atoms with Gasteiger partial charge >= 0.3 is 0 Å². The third kappa shape index (κ3) is 3.57. The van der Waals surface area contributed by atoms with Gasteiger partial charge in [0, 0.05) is 17.6 Å². The third-order valence-corrected chi connectivity index (χ3v) is 3.63. The van der Waals surface area contributed by atoms with Crippen molar-refractivity contribution >= 4 is 17.4 Å². The van der Waals surface area contributed by atoms with Crippen LogP contribution in [0.3, 0.4) is 0 Å². The average molecular weight is 284 g/mol. The Hall–Kier alpha value is -0.870. The van der Waals surface area contributed by atoms with Crippen molar-refractivity contribution < 1.29 is 4.74 Å². The Morgan fingerprint density at radius 2 is 2.05 bits per heavy atom. The summed E-state index contributed by atoms with van der Waals surface area (Å²) in [5.74, 6) is 1.60. The van der Waals surface area contributed by atoms with Crippen LogP contribution in [0.4, 0.5) is 5.82 Å². The maximum atomic E-state index is 6.22. The van der Waals surface area contributed by atoms with Crippen molar-refractivity contribution in [1.29, 1.82) is 0 Å². The second kappa shape index (κ2) is 5.63. The van der Waals surface area contributed by atoms with Crippen LogP contribution in [0.5, 0.6) is 0 Å². The summed E-state index contributed by atoms with van der Waals surface area (Å²) in [7, 11) is 0. The fourth-order valence-corrected chi connectivity index (χ4v) is 2.18. The minimum Gasteiger partial charge on any atom is -0.379 e. The average Bonchev–Trinajstić information content (AvgIpc) is 2.34. The van der Waals surface area contributed by atoms with Crippen LogP contribution in [0, 0.1) is 6.92 Å². The van der Waals surface area contributed by atoms with E-state index in [1.165, 1.54) is 0 Å². The maximum absolute atomic E-state index is 6.22. The monoisotopic (exact) mass is 283 g/mol. The highest BCUT2D eigenvalue weighted by Gasteiger charge is 2.22. The van der Waals surface area contributed by atoms with Crippen LogP contribution in [0.15, 0.2) is 0 Å². The molecule has 2 heterocycles. The summed E-state index contributed by atoms with van der Waals surface area (Å²) in [6.07, 6.45) is 2.19. The summed E-state index contributed by atoms with van der Waals surface area (Å²) in [5.41, 5.74) is 0.789. The first-order chi connectivity index (χ1) is 8.88. The van der Waals surface area contributed by atoms with E-state index < -0.39 is 0 Å². The summed E-state index contributed by atoms with van der Waals surface area (Å²) in [5, 5.41) is 3.97. The van der Waals surface area contributed by atoms with Crippen molar-refractivity contribution in [3.63, 3.8) is 0 Å². The van der Waals surface area contributed by atoms with Gasteiger partial charge in [-0.1, -0.05) is 32.4 Å².